The van der Waals surface area contributed by atoms with Crippen LogP contribution >= 0.6 is 25.9 Å². The van der Waals surface area contributed by atoms with Crippen LogP contribution in [-0.2, 0) is 14.0 Å². The Morgan fingerprint density at radius 2 is 0.956 bits per heavy atom. The van der Waals surface area contributed by atoms with Gasteiger partial charge in [-0.15, -0.1) is 0 Å². The molecule has 0 aromatic heterocycles. The van der Waals surface area contributed by atoms with Gasteiger partial charge < -0.3 is 14.0 Å². The average Bonchev–Trinajstić information content (AvgIpc) is 3.82. The van der Waals surface area contributed by atoms with Crippen molar-refractivity contribution < 1.29 is 14.0 Å². The van der Waals surface area contributed by atoms with Gasteiger partial charge in [0.2, 0.25) is 0 Å². The molecule has 224 valence electrons. The third kappa shape index (κ3) is 4.38. The van der Waals surface area contributed by atoms with Crippen LogP contribution in [0.4, 0.5) is 0 Å². The molecule has 4 nitrogen and oxygen atoms in total. The number of benzene rings is 5. The van der Waals surface area contributed by atoms with Crippen molar-refractivity contribution in [2.24, 2.45) is 22.9 Å². The van der Waals surface area contributed by atoms with E-state index in [0.717, 1.165) is 38.9 Å². The fourth-order valence-corrected chi connectivity index (χ4v) is 17.2. The molecule has 0 N–H and O–H groups in total. The summed E-state index contributed by atoms with van der Waals surface area (Å²) in [5.41, 5.74) is 0.802. The summed E-state index contributed by atoms with van der Waals surface area (Å²) in [6.45, 7) is 0. The number of hydrogen-bond acceptors (Lipinski definition) is 4. The van der Waals surface area contributed by atoms with Crippen LogP contribution in [0.2, 0.25) is 5.02 Å². The summed E-state index contributed by atoms with van der Waals surface area (Å²) < 4.78 is 32.7. The summed E-state index contributed by atoms with van der Waals surface area (Å²) in [4.78, 5) is 6.32. The Labute approximate surface area is 268 Å². The third-order valence-corrected chi connectivity index (χ3v) is 18.1. The van der Waals surface area contributed by atoms with Gasteiger partial charge in [0.25, 0.3) is 0 Å². The summed E-state index contributed by atoms with van der Waals surface area (Å²) in [6, 6.07) is 47.0. The first-order valence-electron chi connectivity index (χ1n) is 15.4. The van der Waals surface area contributed by atoms with Crippen LogP contribution in [0.1, 0.15) is 12.0 Å². The fraction of sp³-hybridized carbons (Fsp3) is 0.184. The van der Waals surface area contributed by atoms with Crippen molar-refractivity contribution in [1.29, 1.82) is 0 Å². The number of rotatable bonds is 7. The van der Waals surface area contributed by atoms with E-state index in [1.165, 1.54) is 0 Å². The zero-order valence-electron chi connectivity index (χ0n) is 24.5. The van der Waals surface area contributed by atoms with Crippen molar-refractivity contribution >= 4 is 52.8 Å². The first-order valence-corrected chi connectivity index (χ1v) is 19.4. The maximum atomic E-state index is 16.4. The molecule has 0 amide bonds. The molecular weight excluding hydrogens is 616 g/mol. The Balaban J connectivity index is 1.40. The Morgan fingerprint density at radius 1 is 0.556 bits per heavy atom. The van der Waals surface area contributed by atoms with E-state index in [-0.39, 0.29) is 23.9 Å². The van der Waals surface area contributed by atoms with Crippen molar-refractivity contribution in [2.45, 2.75) is 23.8 Å². The van der Waals surface area contributed by atoms with Gasteiger partial charge >= 0.3 is 0 Å². The van der Waals surface area contributed by atoms with Crippen molar-refractivity contribution in [3.63, 3.8) is 0 Å². The monoisotopic (exact) mass is 647 g/mol. The van der Waals surface area contributed by atoms with Crippen molar-refractivity contribution in [3.8, 4) is 0 Å². The highest BCUT2D eigenvalue weighted by Gasteiger charge is 2.70. The minimum Gasteiger partial charge on any atom is -0.391 e. The molecule has 1 aliphatic heterocycles. The summed E-state index contributed by atoms with van der Waals surface area (Å²) in [6.07, 6.45) is 0.477. The summed E-state index contributed by atoms with van der Waals surface area (Å²) >= 11 is 6.74. The highest BCUT2D eigenvalue weighted by Crippen LogP contribution is 2.73. The van der Waals surface area contributed by atoms with E-state index in [9.17, 15) is 0 Å². The van der Waals surface area contributed by atoms with Gasteiger partial charge in [0.05, 0.1) is 5.71 Å². The Hall–Kier alpha value is -3.68. The van der Waals surface area contributed by atoms with Gasteiger partial charge in [0.1, 0.15) is 20.4 Å². The smallest absolute Gasteiger partial charge is 0.147 e. The molecule has 2 saturated carbocycles. The summed E-state index contributed by atoms with van der Waals surface area (Å²) in [7, 11) is -6.79. The molecule has 2 aliphatic carbocycles. The number of hydrogen-bond donors (Lipinski definition) is 0. The molecule has 1 heterocycles. The summed E-state index contributed by atoms with van der Waals surface area (Å²) in [5, 5.41) is 8.44. The van der Waals surface area contributed by atoms with Gasteiger partial charge in [0.15, 0.2) is 0 Å². The highest BCUT2D eigenvalue weighted by molar-refractivity contribution is 7.83. The van der Waals surface area contributed by atoms with Gasteiger partial charge in [0, 0.05) is 55.0 Å². The van der Waals surface area contributed by atoms with Gasteiger partial charge in [-0.25, -0.2) is 0 Å². The largest absolute Gasteiger partial charge is 0.391 e. The van der Waals surface area contributed by atoms with Gasteiger partial charge in [-0.2, -0.15) is 0 Å². The predicted octanol–water partition coefficient (Wildman–Crippen LogP) is 7.47. The maximum absolute atomic E-state index is 16.4. The van der Waals surface area contributed by atoms with E-state index in [1.807, 2.05) is 146 Å². The second-order valence-electron chi connectivity index (χ2n) is 12.3. The first kappa shape index (κ1) is 28.8. The zero-order chi connectivity index (χ0) is 30.6. The SMILES string of the molecule is O=P(c1ccccc1)(c1ccccc1)[C@@H]1[C@@H]2C[C@@H]([C@@H]3C(c4ccccc4Cl)=NO[C@@H]23)[C@@H]1P(=O)(c1ccccc1)c1ccccc1. The molecule has 7 heteroatoms. The number of halogens is 1. The predicted molar refractivity (Wildman–Crippen MR) is 185 cm³/mol. The number of fused-ring (bicyclic) bond motifs is 5. The lowest BCUT2D eigenvalue weighted by atomic mass is 9.80. The Bertz CT molecular complexity index is 1880. The van der Waals surface area contributed by atoms with E-state index in [0.29, 0.717) is 5.02 Å². The van der Waals surface area contributed by atoms with E-state index in [2.05, 4.69) is 5.16 Å². The standard InChI is InChI=1S/C38H32ClNO3P2/c39-33-24-14-13-23-30(33)35-34-31-25-32(36(34)43-40-35)38(45(42,28-19-9-3-10-20-28)29-21-11-4-12-22-29)37(31)44(41,26-15-5-1-6-16-26)27-17-7-2-8-18-27/h1-24,31-32,34,36-38H,25H2/t31-,32+,34+,36-,37-,38+/m0/s1. The van der Waals surface area contributed by atoms with Crippen LogP contribution in [0.3, 0.4) is 0 Å². The molecule has 8 rings (SSSR count). The molecule has 45 heavy (non-hydrogen) atoms. The minimum atomic E-state index is -3.40. The van der Waals surface area contributed by atoms with Crippen LogP contribution in [0, 0.1) is 17.8 Å². The first-order chi connectivity index (χ1) is 22.0. The second-order valence-corrected chi connectivity index (χ2v) is 18.6. The molecule has 6 atom stereocenters. The number of nitrogens with zero attached hydrogens (tertiary/aromatic N) is 1. The van der Waals surface area contributed by atoms with E-state index >= 15 is 9.13 Å². The zero-order valence-corrected chi connectivity index (χ0v) is 27.0. The van der Waals surface area contributed by atoms with E-state index in [4.69, 9.17) is 16.4 Å². The summed E-state index contributed by atoms with van der Waals surface area (Å²) in [5.74, 6) is -0.327. The fourth-order valence-electron chi connectivity index (χ4n) is 8.43. The Kier molecular flexibility index (Phi) is 7.22. The van der Waals surface area contributed by atoms with Crippen LogP contribution < -0.4 is 21.2 Å². The molecule has 0 unspecified atom stereocenters. The van der Waals surface area contributed by atoms with Gasteiger partial charge in [-0.05, 0) is 18.4 Å². The van der Waals surface area contributed by atoms with Crippen LogP contribution in [0.15, 0.2) is 151 Å². The molecule has 2 bridgehead atoms. The third-order valence-electron chi connectivity index (χ3n) is 10.1. The number of oxime groups is 1. The topological polar surface area (TPSA) is 55.7 Å². The molecule has 0 saturated heterocycles. The molecule has 5 aromatic carbocycles. The van der Waals surface area contributed by atoms with Crippen LogP contribution in [0.5, 0.6) is 0 Å². The van der Waals surface area contributed by atoms with Crippen molar-refractivity contribution in [3.05, 3.63) is 156 Å². The van der Waals surface area contributed by atoms with Crippen molar-refractivity contribution in [2.75, 3.05) is 0 Å². The van der Waals surface area contributed by atoms with Crippen molar-refractivity contribution in [1.82, 2.24) is 0 Å². The second kappa shape index (κ2) is 11.3. The Morgan fingerprint density at radius 3 is 1.40 bits per heavy atom. The van der Waals surface area contributed by atoms with E-state index in [1.54, 1.807) is 0 Å². The van der Waals surface area contributed by atoms with Gasteiger partial charge in [-0.3, -0.25) is 0 Å². The molecule has 2 fully saturated rings. The van der Waals surface area contributed by atoms with E-state index < -0.39 is 25.6 Å². The highest BCUT2D eigenvalue weighted by atomic mass is 35.5. The van der Waals surface area contributed by atoms with Crippen LogP contribution in [-0.4, -0.2) is 23.1 Å². The molecular formula is C38H32ClNO3P2. The minimum absolute atomic E-state index is 0.0884. The molecule has 0 radical (unpaired) electrons. The lowest BCUT2D eigenvalue weighted by Crippen LogP contribution is -2.50. The van der Waals surface area contributed by atoms with Crippen LogP contribution in [0.25, 0.3) is 0 Å². The maximum Gasteiger partial charge on any atom is 0.147 e. The molecule has 5 aromatic rings. The quantitative estimate of drug-likeness (QED) is 0.172. The lowest BCUT2D eigenvalue weighted by molar-refractivity contribution is 0.0293. The molecule has 3 aliphatic rings. The normalized spacial score (nSPS) is 25.4. The lowest BCUT2D eigenvalue weighted by Gasteiger charge is -2.44. The average molecular weight is 648 g/mol. The molecule has 0 spiro atoms. The van der Waals surface area contributed by atoms with Gasteiger partial charge in [-0.1, -0.05) is 156 Å².